The number of benzene rings is 2. The third-order valence-electron chi connectivity index (χ3n) is 2.66. The van der Waals surface area contributed by atoms with Crippen LogP contribution in [0.3, 0.4) is 0 Å². The van der Waals surface area contributed by atoms with Crippen molar-refractivity contribution in [2.24, 2.45) is 0 Å². The first-order valence-electron chi connectivity index (χ1n) is 5.82. The monoisotopic (exact) mass is 280 g/mol. The van der Waals surface area contributed by atoms with Crippen molar-refractivity contribution in [3.63, 3.8) is 0 Å². The number of rotatable bonds is 2. The van der Waals surface area contributed by atoms with Crippen molar-refractivity contribution in [2.45, 2.75) is 13.1 Å². The molecule has 0 aliphatic rings. The highest BCUT2D eigenvalue weighted by Gasteiger charge is 2.29. The van der Waals surface area contributed by atoms with Crippen molar-refractivity contribution in [3.05, 3.63) is 54.1 Å². The summed E-state index contributed by atoms with van der Waals surface area (Å²) < 4.78 is 42.2. The van der Waals surface area contributed by atoms with Gasteiger partial charge in [0.25, 0.3) is 0 Å². The number of esters is 1. The second-order valence-corrected chi connectivity index (χ2v) is 4.19. The molecule has 0 spiro atoms. The van der Waals surface area contributed by atoms with Crippen LogP contribution in [0.1, 0.15) is 12.5 Å². The Hall–Kier alpha value is -2.30. The lowest BCUT2D eigenvalue weighted by Gasteiger charge is -2.08. The molecule has 0 radical (unpaired) electrons. The summed E-state index contributed by atoms with van der Waals surface area (Å²) in [6.45, 7) is 1.30. The van der Waals surface area contributed by atoms with Crippen molar-refractivity contribution in [1.29, 1.82) is 0 Å². The molecular formula is C15H11F3O2. The van der Waals surface area contributed by atoms with Crippen molar-refractivity contribution in [1.82, 2.24) is 0 Å². The second kappa shape index (κ2) is 5.36. The van der Waals surface area contributed by atoms with Gasteiger partial charge in [-0.15, -0.1) is 0 Å². The van der Waals surface area contributed by atoms with Gasteiger partial charge in [-0.1, -0.05) is 24.3 Å². The summed E-state index contributed by atoms with van der Waals surface area (Å²) in [5.74, 6) is -0.0274. The molecule has 2 rings (SSSR count). The zero-order valence-electron chi connectivity index (χ0n) is 10.6. The molecule has 0 aromatic heterocycles. The highest BCUT2D eigenvalue weighted by atomic mass is 19.4. The average molecular weight is 280 g/mol. The topological polar surface area (TPSA) is 26.3 Å². The molecular weight excluding hydrogens is 269 g/mol. The predicted molar refractivity (Wildman–Crippen MR) is 68.2 cm³/mol. The summed E-state index contributed by atoms with van der Waals surface area (Å²) in [5.41, 5.74) is 0.722. The van der Waals surface area contributed by atoms with Gasteiger partial charge in [-0.25, -0.2) is 0 Å². The number of hydrogen-bond acceptors (Lipinski definition) is 2. The van der Waals surface area contributed by atoms with Gasteiger partial charge in [-0.2, -0.15) is 13.2 Å². The molecule has 0 aliphatic heterocycles. The molecule has 0 N–H and O–H groups in total. The lowest BCUT2D eigenvalue weighted by molar-refractivity contribution is -0.137. The Labute approximate surface area is 113 Å². The van der Waals surface area contributed by atoms with Gasteiger partial charge in [0.05, 0.1) is 5.56 Å². The first kappa shape index (κ1) is 14.1. The number of carbonyl (C=O) groups excluding carboxylic acids is 1. The lowest BCUT2D eigenvalue weighted by atomic mass is 10.0. The van der Waals surface area contributed by atoms with Crippen LogP contribution in [0.5, 0.6) is 5.75 Å². The first-order valence-corrected chi connectivity index (χ1v) is 5.82. The molecule has 0 unspecified atom stereocenters. The van der Waals surface area contributed by atoms with E-state index < -0.39 is 17.7 Å². The minimum Gasteiger partial charge on any atom is -0.427 e. The highest BCUT2D eigenvalue weighted by molar-refractivity contribution is 5.70. The van der Waals surface area contributed by atoms with E-state index in [0.717, 1.165) is 17.7 Å². The van der Waals surface area contributed by atoms with Crippen molar-refractivity contribution >= 4 is 5.97 Å². The van der Waals surface area contributed by atoms with Crippen LogP contribution in [0.15, 0.2) is 48.5 Å². The van der Waals surface area contributed by atoms with E-state index in [-0.39, 0.29) is 0 Å². The zero-order valence-corrected chi connectivity index (χ0v) is 10.6. The molecule has 0 amide bonds. The van der Waals surface area contributed by atoms with Crippen LogP contribution in [-0.4, -0.2) is 5.97 Å². The van der Waals surface area contributed by atoms with E-state index in [2.05, 4.69) is 0 Å². The Morgan fingerprint density at radius 2 is 1.35 bits per heavy atom. The summed E-state index contributed by atoms with van der Waals surface area (Å²) in [6, 6.07) is 11.4. The van der Waals surface area contributed by atoms with E-state index in [4.69, 9.17) is 4.74 Å². The number of ether oxygens (including phenoxy) is 1. The smallest absolute Gasteiger partial charge is 0.416 e. The number of alkyl halides is 3. The Morgan fingerprint density at radius 1 is 0.900 bits per heavy atom. The van der Waals surface area contributed by atoms with Crippen LogP contribution in [0.2, 0.25) is 0 Å². The summed E-state index contributed by atoms with van der Waals surface area (Å²) >= 11 is 0. The van der Waals surface area contributed by atoms with Crippen LogP contribution in [0, 0.1) is 0 Å². The van der Waals surface area contributed by atoms with E-state index in [1.54, 1.807) is 24.3 Å². The predicted octanol–water partition coefficient (Wildman–Crippen LogP) is 4.30. The summed E-state index contributed by atoms with van der Waals surface area (Å²) in [4.78, 5) is 10.8. The van der Waals surface area contributed by atoms with Gasteiger partial charge in [-0.3, -0.25) is 4.79 Å². The molecule has 0 heterocycles. The fourth-order valence-electron chi connectivity index (χ4n) is 1.73. The maximum absolute atomic E-state index is 12.4. The molecule has 0 saturated heterocycles. The number of halogens is 3. The van der Waals surface area contributed by atoms with E-state index in [0.29, 0.717) is 11.3 Å². The third kappa shape index (κ3) is 3.38. The van der Waals surface area contributed by atoms with Gasteiger partial charge in [0.15, 0.2) is 0 Å². The Morgan fingerprint density at radius 3 is 1.75 bits per heavy atom. The minimum absolute atomic E-state index is 0.396. The molecule has 0 saturated carbocycles. The normalized spacial score (nSPS) is 11.2. The van der Waals surface area contributed by atoms with Crippen LogP contribution >= 0.6 is 0 Å². The molecule has 0 bridgehead atoms. The average Bonchev–Trinajstić information content (AvgIpc) is 2.38. The fraction of sp³-hybridized carbons (Fsp3) is 0.133. The van der Waals surface area contributed by atoms with Gasteiger partial charge >= 0.3 is 12.1 Å². The Bertz CT molecular complexity index is 599. The van der Waals surface area contributed by atoms with Crippen molar-refractivity contribution < 1.29 is 22.7 Å². The van der Waals surface area contributed by atoms with Crippen molar-refractivity contribution in [3.8, 4) is 16.9 Å². The summed E-state index contributed by atoms with van der Waals surface area (Å²) in [5, 5.41) is 0. The van der Waals surface area contributed by atoms with E-state index >= 15 is 0 Å². The maximum Gasteiger partial charge on any atom is 0.416 e. The molecule has 2 aromatic rings. The standard InChI is InChI=1S/C15H11F3O2/c1-10(19)20-14-8-4-12(5-9-14)11-2-6-13(7-3-11)15(16,17)18/h2-9H,1H3. The van der Waals surface area contributed by atoms with Gasteiger partial charge in [0, 0.05) is 6.92 Å². The molecule has 104 valence electrons. The minimum atomic E-state index is -4.34. The molecule has 2 nitrogen and oxygen atoms in total. The molecule has 2 aromatic carbocycles. The van der Waals surface area contributed by atoms with Gasteiger partial charge in [-0.05, 0) is 35.4 Å². The van der Waals surface area contributed by atoms with E-state index in [1.807, 2.05) is 0 Å². The lowest BCUT2D eigenvalue weighted by Crippen LogP contribution is -2.04. The molecule has 0 fully saturated rings. The number of carbonyl (C=O) groups is 1. The summed E-state index contributed by atoms with van der Waals surface area (Å²) in [6.07, 6.45) is -4.34. The Balaban J connectivity index is 2.21. The molecule has 0 aliphatic carbocycles. The largest absolute Gasteiger partial charge is 0.427 e. The fourth-order valence-corrected chi connectivity index (χ4v) is 1.73. The second-order valence-electron chi connectivity index (χ2n) is 4.19. The summed E-state index contributed by atoms with van der Waals surface area (Å²) in [7, 11) is 0. The van der Waals surface area contributed by atoms with Crippen LogP contribution < -0.4 is 4.74 Å². The molecule has 0 atom stereocenters. The van der Waals surface area contributed by atoms with E-state index in [1.165, 1.54) is 19.1 Å². The zero-order chi connectivity index (χ0) is 14.8. The maximum atomic E-state index is 12.4. The molecule has 20 heavy (non-hydrogen) atoms. The SMILES string of the molecule is CC(=O)Oc1ccc(-c2ccc(C(F)(F)F)cc2)cc1. The Kier molecular flexibility index (Phi) is 3.79. The quantitative estimate of drug-likeness (QED) is 0.605. The third-order valence-corrected chi connectivity index (χ3v) is 2.66. The van der Waals surface area contributed by atoms with Crippen LogP contribution in [0.25, 0.3) is 11.1 Å². The number of hydrogen-bond donors (Lipinski definition) is 0. The highest BCUT2D eigenvalue weighted by Crippen LogP contribution is 2.31. The van der Waals surface area contributed by atoms with Crippen molar-refractivity contribution in [2.75, 3.05) is 0 Å². The van der Waals surface area contributed by atoms with Gasteiger partial charge in [0.1, 0.15) is 5.75 Å². The first-order chi connectivity index (χ1) is 9.36. The van der Waals surface area contributed by atoms with Crippen LogP contribution in [0.4, 0.5) is 13.2 Å². The van der Waals surface area contributed by atoms with Gasteiger partial charge in [0.2, 0.25) is 0 Å². The van der Waals surface area contributed by atoms with Crippen LogP contribution in [-0.2, 0) is 11.0 Å². The van der Waals surface area contributed by atoms with E-state index in [9.17, 15) is 18.0 Å². The molecule has 5 heteroatoms. The van der Waals surface area contributed by atoms with Gasteiger partial charge < -0.3 is 4.74 Å².